The number of hydrogen-bond acceptors (Lipinski definition) is 5. The van der Waals surface area contributed by atoms with E-state index in [9.17, 15) is 15.3 Å². The molecule has 9 atom stereocenters. The molecule has 0 aromatic carbocycles. The lowest BCUT2D eigenvalue weighted by atomic mass is 9.47. The fourth-order valence-electron chi connectivity index (χ4n) is 6.94. The van der Waals surface area contributed by atoms with Crippen molar-refractivity contribution in [3.63, 3.8) is 0 Å². The predicted molar refractivity (Wildman–Crippen MR) is 122 cm³/mol. The summed E-state index contributed by atoms with van der Waals surface area (Å²) in [5.41, 5.74) is 2.27. The minimum Gasteiger partial charge on any atom is -0.388 e. The number of aliphatic hydroxyl groups excluding tert-OH is 3. The molecule has 0 radical (unpaired) electrons. The minimum absolute atomic E-state index is 0.375. The van der Waals surface area contributed by atoms with E-state index in [4.69, 9.17) is 9.47 Å². The summed E-state index contributed by atoms with van der Waals surface area (Å²) >= 11 is 0. The summed E-state index contributed by atoms with van der Waals surface area (Å²) in [5.74, 6) is 1.90. The smallest absolute Gasteiger partial charge is 0.186 e. The lowest BCUT2D eigenvalue weighted by Crippen LogP contribution is -2.57. The van der Waals surface area contributed by atoms with E-state index in [0.717, 1.165) is 18.8 Å². The molecule has 0 bridgehead atoms. The molecular weight excluding hydrogens is 392 g/mol. The second kappa shape index (κ2) is 9.80. The molecule has 0 amide bonds. The van der Waals surface area contributed by atoms with Crippen LogP contribution in [-0.2, 0) is 9.47 Å². The number of ether oxygens (including phenoxy) is 2. The highest BCUT2D eigenvalue weighted by Crippen LogP contribution is 2.61. The fraction of sp³-hybridized carbons (Fsp3) is 0.923. The Kier molecular flexibility index (Phi) is 7.96. The molecule has 1 saturated heterocycles. The van der Waals surface area contributed by atoms with Crippen molar-refractivity contribution < 1.29 is 24.8 Å². The minimum atomic E-state index is -1.24. The molecule has 3 aliphatic rings. The van der Waals surface area contributed by atoms with E-state index >= 15 is 0 Å². The molecule has 3 rings (SSSR count). The maximum atomic E-state index is 10.1. The molecule has 3 N–H and O–H groups in total. The Morgan fingerprint density at radius 1 is 1.10 bits per heavy atom. The zero-order chi connectivity index (χ0) is 23.0. The molecule has 2 saturated carbocycles. The molecule has 5 heteroatoms. The van der Waals surface area contributed by atoms with Crippen LogP contribution in [0, 0.1) is 28.6 Å². The van der Waals surface area contributed by atoms with Gasteiger partial charge in [0, 0.05) is 0 Å². The highest BCUT2D eigenvalue weighted by molar-refractivity contribution is 5.15. The normalized spacial score (nSPS) is 44.0. The van der Waals surface area contributed by atoms with Gasteiger partial charge in [-0.15, -0.1) is 0 Å². The van der Waals surface area contributed by atoms with E-state index in [1.54, 1.807) is 6.92 Å². The molecule has 31 heavy (non-hydrogen) atoms. The Balaban J connectivity index is 1.49. The van der Waals surface area contributed by atoms with Gasteiger partial charge in [-0.1, -0.05) is 52.7 Å². The molecule has 5 nitrogen and oxygen atoms in total. The van der Waals surface area contributed by atoms with Crippen LogP contribution in [0.4, 0.5) is 0 Å². The summed E-state index contributed by atoms with van der Waals surface area (Å²) in [4.78, 5) is 0. The molecule has 0 unspecified atom stereocenters. The zero-order valence-corrected chi connectivity index (χ0v) is 20.3. The summed E-state index contributed by atoms with van der Waals surface area (Å²) in [6.45, 7) is 16.4. The second-order valence-corrected chi connectivity index (χ2v) is 11.7. The lowest BCUT2D eigenvalue weighted by molar-refractivity contribution is -0.293. The number of aliphatic hydroxyl groups is 3. The van der Waals surface area contributed by atoms with Crippen LogP contribution in [0.15, 0.2) is 12.2 Å². The topological polar surface area (TPSA) is 79.2 Å². The van der Waals surface area contributed by atoms with Gasteiger partial charge in [0.05, 0.1) is 12.7 Å². The van der Waals surface area contributed by atoms with Crippen LogP contribution in [0.25, 0.3) is 0 Å². The average Bonchev–Trinajstić information content (AvgIpc) is 2.69. The van der Waals surface area contributed by atoms with Crippen molar-refractivity contribution in [2.24, 2.45) is 28.6 Å². The standard InChI is InChI=1S/C26H46O5/c1-16(12-15-30-24-23(29)22(28)21(27)18(3)31-24)8-10-19-17(2)9-11-20-25(4,5)13-7-14-26(19,20)6/h16,18-24,27-29H,2,7-15H2,1,3-6H3/t16-,18-,19+,20+,21-,22+,23+,24+,26+/m0/s1. The average molecular weight is 439 g/mol. The maximum Gasteiger partial charge on any atom is 0.186 e. The molecule has 2 aliphatic carbocycles. The molecule has 0 aromatic heterocycles. The Morgan fingerprint density at radius 3 is 2.52 bits per heavy atom. The van der Waals surface area contributed by atoms with E-state index in [1.165, 1.54) is 44.1 Å². The summed E-state index contributed by atoms with van der Waals surface area (Å²) in [6.07, 6.45) is 4.68. The first kappa shape index (κ1) is 25.2. The van der Waals surface area contributed by atoms with Gasteiger partial charge in [0.2, 0.25) is 0 Å². The molecule has 0 spiro atoms. The SMILES string of the molecule is C=C1CC[C@@H]2C(C)(C)CCC[C@]2(C)[C@@H]1CC[C@H](C)CCO[C@@H]1O[C@@H](C)[C@H](O)[C@@H](O)[C@H]1O. The second-order valence-electron chi connectivity index (χ2n) is 11.7. The van der Waals surface area contributed by atoms with Crippen molar-refractivity contribution >= 4 is 0 Å². The number of fused-ring (bicyclic) bond motifs is 1. The Bertz CT molecular complexity index is 619. The van der Waals surface area contributed by atoms with E-state index in [1.807, 2.05) is 0 Å². The van der Waals surface area contributed by atoms with Crippen LogP contribution in [-0.4, -0.2) is 52.6 Å². The van der Waals surface area contributed by atoms with E-state index in [2.05, 4.69) is 34.3 Å². The monoisotopic (exact) mass is 438 g/mol. The molecule has 3 fully saturated rings. The van der Waals surface area contributed by atoms with Crippen LogP contribution < -0.4 is 0 Å². The van der Waals surface area contributed by atoms with Crippen LogP contribution in [0.2, 0.25) is 0 Å². The third-order valence-electron chi connectivity index (χ3n) is 8.97. The first-order chi connectivity index (χ1) is 14.5. The number of rotatable bonds is 7. The van der Waals surface area contributed by atoms with E-state index < -0.39 is 30.7 Å². The van der Waals surface area contributed by atoms with Crippen molar-refractivity contribution in [2.45, 2.75) is 117 Å². The van der Waals surface area contributed by atoms with Crippen LogP contribution >= 0.6 is 0 Å². The first-order valence-electron chi connectivity index (χ1n) is 12.5. The predicted octanol–water partition coefficient (Wildman–Crippen LogP) is 4.44. The largest absolute Gasteiger partial charge is 0.388 e. The number of hydrogen-bond donors (Lipinski definition) is 3. The fourth-order valence-corrected chi connectivity index (χ4v) is 6.94. The quantitative estimate of drug-likeness (QED) is 0.512. The molecule has 180 valence electrons. The molecule has 0 aromatic rings. The van der Waals surface area contributed by atoms with Gasteiger partial charge in [-0.05, 0) is 74.0 Å². The van der Waals surface area contributed by atoms with Crippen LogP contribution in [0.1, 0.15) is 86.0 Å². The molecular formula is C26H46O5. The van der Waals surface area contributed by atoms with Crippen molar-refractivity contribution in [1.29, 1.82) is 0 Å². The Morgan fingerprint density at radius 2 is 1.81 bits per heavy atom. The van der Waals surface area contributed by atoms with Crippen LogP contribution in [0.3, 0.4) is 0 Å². The summed E-state index contributed by atoms with van der Waals surface area (Å²) in [6, 6.07) is 0. The van der Waals surface area contributed by atoms with Crippen molar-refractivity contribution in [2.75, 3.05) is 6.61 Å². The van der Waals surface area contributed by atoms with Crippen molar-refractivity contribution in [3.8, 4) is 0 Å². The Hall–Kier alpha value is -0.460. The maximum absolute atomic E-state index is 10.1. The van der Waals surface area contributed by atoms with Crippen LogP contribution in [0.5, 0.6) is 0 Å². The van der Waals surface area contributed by atoms with Gasteiger partial charge >= 0.3 is 0 Å². The third kappa shape index (κ3) is 5.22. The van der Waals surface area contributed by atoms with Crippen molar-refractivity contribution in [3.05, 3.63) is 12.2 Å². The summed E-state index contributed by atoms with van der Waals surface area (Å²) < 4.78 is 11.3. The highest BCUT2D eigenvalue weighted by atomic mass is 16.7. The first-order valence-corrected chi connectivity index (χ1v) is 12.5. The van der Waals surface area contributed by atoms with Gasteiger partial charge in [0.15, 0.2) is 6.29 Å². The Labute approximate surface area is 189 Å². The number of allylic oxidation sites excluding steroid dienone is 1. The highest BCUT2D eigenvalue weighted by Gasteiger charge is 2.52. The van der Waals surface area contributed by atoms with Gasteiger partial charge in [0.25, 0.3) is 0 Å². The summed E-state index contributed by atoms with van der Waals surface area (Å²) in [5, 5.41) is 29.8. The molecule has 1 aliphatic heterocycles. The summed E-state index contributed by atoms with van der Waals surface area (Å²) in [7, 11) is 0. The van der Waals surface area contributed by atoms with Gasteiger partial charge in [-0.2, -0.15) is 0 Å². The molecule has 1 heterocycles. The van der Waals surface area contributed by atoms with E-state index in [0.29, 0.717) is 29.3 Å². The lowest BCUT2D eigenvalue weighted by Gasteiger charge is -2.58. The van der Waals surface area contributed by atoms with Crippen molar-refractivity contribution in [1.82, 2.24) is 0 Å². The van der Waals surface area contributed by atoms with E-state index in [-0.39, 0.29) is 0 Å². The van der Waals surface area contributed by atoms with Gasteiger partial charge < -0.3 is 24.8 Å². The van der Waals surface area contributed by atoms with Gasteiger partial charge in [-0.25, -0.2) is 0 Å². The van der Waals surface area contributed by atoms with Gasteiger partial charge in [-0.3, -0.25) is 0 Å². The third-order valence-corrected chi connectivity index (χ3v) is 8.97. The zero-order valence-electron chi connectivity index (χ0n) is 20.3. The van der Waals surface area contributed by atoms with Gasteiger partial charge in [0.1, 0.15) is 18.3 Å².